The molecular weight excluding hydrogens is 330 g/mol. The number of rotatable bonds is 10. The first-order valence-corrected chi connectivity index (χ1v) is 8.74. The maximum absolute atomic E-state index is 6.06. The van der Waals surface area contributed by atoms with Gasteiger partial charge in [-0.25, -0.2) is 0 Å². The number of halogens is 1. The molecule has 0 saturated carbocycles. The van der Waals surface area contributed by atoms with Crippen molar-refractivity contribution >= 4 is 15.9 Å². The number of nitrogens with one attached hydrogen (secondary N) is 1. The fourth-order valence-electron chi connectivity index (χ4n) is 2.18. The molecule has 0 spiro atoms. The van der Waals surface area contributed by atoms with Crippen LogP contribution in [-0.2, 0) is 6.54 Å². The normalized spacial score (nSPS) is 12.2. The summed E-state index contributed by atoms with van der Waals surface area (Å²) in [5, 5.41) is 3.41. The average molecular weight is 358 g/mol. The van der Waals surface area contributed by atoms with Gasteiger partial charge in [-0.15, -0.1) is 0 Å². The van der Waals surface area contributed by atoms with Gasteiger partial charge in [0.1, 0.15) is 0 Å². The predicted molar refractivity (Wildman–Crippen MR) is 92.3 cm³/mol. The highest BCUT2D eigenvalue weighted by molar-refractivity contribution is 9.10. The van der Waals surface area contributed by atoms with Crippen LogP contribution >= 0.6 is 15.9 Å². The van der Waals surface area contributed by atoms with E-state index in [9.17, 15) is 0 Å². The van der Waals surface area contributed by atoms with Crippen molar-refractivity contribution in [1.29, 1.82) is 0 Å². The molecule has 21 heavy (non-hydrogen) atoms. The van der Waals surface area contributed by atoms with Gasteiger partial charge in [0.05, 0.1) is 17.2 Å². The molecule has 0 radical (unpaired) electrons. The van der Waals surface area contributed by atoms with Crippen LogP contribution < -0.4 is 14.8 Å². The Labute approximate surface area is 137 Å². The maximum Gasteiger partial charge on any atom is 0.175 e. The lowest BCUT2D eigenvalue weighted by Gasteiger charge is -2.19. The molecule has 0 amide bonds. The molecule has 0 heterocycles. The van der Waals surface area contributed by atoms with Crippen LogP contribution in [0.2, 0.25) is 0 Å². The summed E-state index contributed by atoms with van der Waals surface area (Å²) in [6.07, 6.45) is 3.48. The van der Waals surface area contributed by atoms with E-state index >= 15 is 0 Å². The smallest absolute Gasteiger partial charge is 0.175 e. The summed E-state index contributed by atoms with van der Waals surface area (Å²) in [5.74, 6) is 1.64. The minimum Gasteiger partial charge on any atom is -0.490 e. The molecule has 0 fully saturated rings. The van der Waals surface area contributed by atoms with E-state index in [-0.39, 0.29) is 6.10 Å². The van der Waals surface area contributed by atoms with E-state index in [4.69, 9.17) is 9.47 Å². The second-order valence-electron chi connectivity index (χ2n) is 5.23. The summed E-state index contributed by atoms with van der Waals surface area (Å²) in [7, 11) is 0. The van der Waals surface area contributed by atoms with Gasteiger partial charge in [-0.2, -0.15) is 0 Å². The molecular formula is C17H28BrNO2. The molecule has 0 saturated heterocycles. The number of hydrogen-bond donors (Lipinski definition) is 1. The highest BCUT2D eigenvalue weighted by atomic mass is 79.9. The summed E-state index contributed by atoms with van der Waals surface area (Å²) in [5.41, 5.74) is 1.20. The molecule has 0 bridgehead atoms. The van der Waals surface area contributed by atoms with Crippen LogP contribution in [0.5, 0.6) is 11.5 Å². The molecule has 0 aromatic heterocycles. The molecule has 1 N–H and O–H groups in total. The maximum atomic E-state index is 6.06. The van der Waals surface area contributed by atoms with Crippen molar-refractivity contribution in [2.24, 2.45) is 0 Å². The highest BCUT2D eigenvalue weighted by Gasteiger charge is 2.14. The number of ether oxygens (including phenoxy) is 2. The molecule has 1 aromatic rings. The lowest BCUT2D eigenvalue weighted by Crippen LogP contribution is -2.15. The van der Waals surface area contributed by atoms with Crippen LogP contribution in [-0.4, -0.2) is 19.3 Å². The molecule has 0 aliphatic rings. The third-order valence-corrected chi connectivity index (χ3v) is 3.73. The van der Waals surface area contributed by atoms with Gasteiger partial charge in [0.15, 0.2) is 11.5 Å². The van der Waals surface area contributed by atoms with Crippen molar-refractivity contribution in [2.75, 3.05) is 13.2 Å². The number of hydrogen-bond acceptors (Lipinski definition) is 3. The minimum atomic E-state index is 0.189. The van der Waals surface area contributed by atoms with E-state index < -0.39 is 0 Å². The van der Waals surface area contributed by atoms with E-state index in [0.29, 0.717) is 6.61 Å². The molecule has 1 aromatic carbocycles. The Hall–Kier alpha value is -0.740. The minimum absolute atomic E-state index is 0.189. The molecule has 120 valence electrons. The fourth-order valence-corrected chi connectivity index (χ4v) is 2.76. The van der Waals surface area contributed by atoms with Crippen LogP contribution in [0.4, 0.5) is 0 Å². The summed E-state index contributed by atoms with van der Waals surface area (Å²) in [6.45, 7) is 10.9. The summed E-state index contributed by atoms with van der Waals surface area (Å²) in [4.78, 5) is 0. The fraction of sp³-hybridized carbons (Fsp3) is 0.647. The second kappa shape index (κ2) is 10.1. The molecule has 1 atom stereocenters. The second-order valence-corrected chi connectivity index (χ2v) is 6.09. The van der Waals surface area contributed by atoms with E-state index in [0.717, 1.165) is 48.3 Å². The Morgan fingerprint density at radius 2 is 1.95 bits per heavy atom. The first-order chi connectivity index (χ1) is 10.1. The van der Waals surface area contributed by atoms with Crippen molar-refractivity contribution in [2.45, 2.75) is 59.6 Å². The summed E-state index contributed by atoms with van der Waals surface area (Å²) < 4.78 is 12.8. The van der Waals surface area contributed by atoms with E-state index in [2.05, 4.69) is 54.2 Å². The Morgan fingerprint density at radius 3 is 2.57 bits per heavy atom. The summed E-state index contributed by atoms with van der Waals surface area (Å²) in [6, 6.07) is 4.18. The summed E-state index contributed by atoms with van der Waals surface area (Å²) >= 11 is 3.62. The standard InChI is InChI=1S/C17H28BrNO2/c1-5-8-13(4)21-17-15(18)10-14(12-19-9-6-2)11-16(17)20-7-3/h10-11,13,19H,5-9,12H2,1-4H3. The van der Waals surface area contributed by atoms with Gasteiger partial charge < -0.3 is 14.8 Å². The molecule has 4 heteroatoms. The van der Waals surface area contributed by atoms with Crippen LogP contribution in [0.3, 0.4) is 0 Å². The Bertz CT molecular complexity index is 423. The van der Waals surface area contributed by atoms with Crippen LogP contribution in [0.15, 0.2) is 16.6 Å². The Kier molecular flexibility index (Phi) is 8.77. The molecule has 0 aliphatic heterocycles. The molecule has 1 rings (SSSR count). The van der Waals surface area contributed by atoms with Gasteiger partial charge in [0.25, 0.3) is 0 Å². The van der Waals surface area contributed by atoms with Gasteiger partial charge in [-0.1, -0.05) is 20.3 Å². The third kappa shape index (κ3) is 6.27. The monoisotopic (exact) mass is 357 g/mol. The topological polar surface area (TPSA) is 30.5 Å². The average Bonchev–Trinajstić information content (AvgIpc) is 2.43. The first-order valence-electron chi connectivity index (χ1n) is 7.94. The highest BCUT2D eigenvalue weighted by Crippen LogP contribution is 2.38. The van der Waals surface area contributed by atoms with Crippen LogP contribution in [0, 0.1) is 0 Å². The van der Waals surface area contributed by atoms with Crippen molar-refractivity contribution in [3.63, 3.8) is 0 Å². The van der Waals surface area contributed by atoms with Gasteiger partial charge >= 0.3 is 0 Å². The lowest BCUT2D eigenvalue weighted by molar-refractivity contribution is 0.195. The van der Waals surface area contributed by atoms with Crippen molar-refractivity contribution in [3.8, 4) is 11.5 Å². The quantitative estimate of drug-likeness (QED) is 0.603. The van der Waals surface area contributed by atoms with Crippen molar-refractivity contribution in [1.82, 2.24) is 5.32 Å². The van der Waals surface area contributed by atoms with Crippen molar-refractivity contribution < 1.29 is 9.47 Å². The van der Waals surface area contributed by atoms with Crippen molar-refractivity contribution in [3.05, 3.63) is 22.2 Å². The molecule has 3 nitrogen and oxygen atoms in total. The van der Waals surface area contributed by atoms with Gasteiger partial charge in [0.2, 0.25) is 0 Å². The van der Waals surface area contributed by atoms with E-state index in [1.807, 2.05) is 6.92 Å². The SMILES string of the molecule is CCCNCc1cc(Br)c(OC(C)CCC)c(OCC)c1. The van der Waals surface area contributed by atoms with E-state index in [1.165, 1.54) is 5.56 Å². The van der Waals surface area contributed by atoms with Gasteiger partial charge in [-0.05, 0) is 66.9 Å². The van der Waals surface area contributed by atoms with Crippen LogP contribution in [0.25, 0.3) is 0 Å². The Morgan fingerprint density at radius 1 is 1.19 bits per heavy atom. The largest absolute Gasteiger partial charge is 0.490 e. The first kappa shape index (κ1) is 18.3. The third-order valence-electron chi connectivity index (χ3n) is 3.14. The number of benzene rings is 1. The lowest BCUT2D eigenvalue weighted by atomic mass is 10.2. The molecule has 0 aliphatic carbocycles. The zero-order valence-corrected chi connectivity index (χ0v) is 15.3. The zero-order chi connectivity index (χ0) is 15.7. The van der Waals surface area contributed by atoms with E-state index in [1.54, 1.807) is 0 Å². The van der Waals surface area contributed by atoms with Crippen LogP contribution in [0.1, 0.15) is 52.5 Å². The Balaban J connectivity index is 2.90. The molecule has 1 unspecified atom stereocenters. The van der Waals surface area contributed by atoms with Gasteiger partial charge in [-0.3, -0.25) is 0 Å². The zero-order valence-electron chi connectivity index (χ0n) is 13.7. The predicted octanol–water partition coefficient (Wildman–Crippen LogP) is 4.91. The van der Waals surface area contributed by atoms with Gasteiger partial charge in [0, 0.05) is 6.54 Å².